The van der Waals surface area contributed by atoms with E-state index in [4.69, 9.17) is 0 Å². The second-order valence-electron chi connectivity index (χ2n) is 4.50. The van der Waals surface area contributed by atoms with Crippen molar-refractivity contribution in [1.82, 2.24) is 10.2 Å². The maximum absolute atomic E-state index is 12.3. The predicted molar refractivity (Wildman–Crippen MR) is 71.1 cm³/mol. The normalized spacial score (nSPS) is 17.8. The Labute approximate surface area is 109 Å². The molecule has 1 aliphatic rings. The van der Waals surface area contributed by atoms with Crippen LogP contribution in [-0.2, 0) is 9.59 Å². The van der Waals surface area contributed by atoms with E-state index in [0.717, 1.165) is 12.8 Å². The molecule has 2 amide bonds. The van der Waals surface area contributed by atoms with Crippen LogP contribution < -0.4 is 5.32 Å². The van der Waals surface area contributed by atoms with Crippen LogP contribution in [0, 0.1) is 0 Å². The molecule has 1 rings (SSSR count). The number of thiol groups is 1. The fourth-order valence-corrected chi connectivity index (χ4v) is 2.69. The molecule has 0 aromatic carbocycles. The largest absolute Gasteiger partial charge is 0.344 e. The quantitative estimate of drug-likeness (QED) is 0.728. The monoisotopic (exact) mass is 258 g/mol. The van der Waals surface area contributed by atoms with Gasteiger partial charge in [0.25, 0.3) is 0 Å². The van der Waals surface area contributed by atoms with Crippen molar-refractivity contribution in [2.75, 3.05) is 12.3 Å². The third kappa shape index (κ3) is 3.91. The van der Waals surface area contributed by atoms with Gasteiger partial charge in [-0.05, 0) is 19.8 Å². The van der Waals surface area contributed by atoms with Gasteiger partial charge in [0.1, 0.15) is 6.04 Å². The summed E-state index contributed by atoms with van der Waals surface area (Å²) in [5.74, 6) is 0.172. The molecule has 0 aromatic heterocycles. The fraction of sp³-hybridized carbons (Fsp3) is 0.833. The molecule has 0 spiro atoms. The zero-order chi connectivity index (χ0) is 12.8. The van der Waals surface area contributed by atoms with Crippen molar-refractivity contribution < 1.29 is 9.59 Å². The Balaban J connectivity index is 2.65. The molecule has 1 N–H and O–H groups in total. The highest BCUT2D eigenvalue weighted by molar-refractivity contribution is 7.80. The molecule has 0 radical (unpaired) electrons. The molecule has 1 atom stereocenters. The second kappa shape index (κ2) is 6.89. The second-order valence-corrected chi connectivity index (χ2v) is 4.86. The Hall–Kier alpha value is -0.710. The van der Waals surface area contributed by atoms with E-state index in [1.165, 1.54) is 19.8 Å². The van der Waals surface area contributed by atoms with E-state index < -0.39 is 6.04 Å². The summed E-state index contributed by atoms with van der Waals surface area (Å²) in [6.45, 7) is 4.11. The van der Waals surface area contributed by atoms with Gasteiger partial charge < -0.3 is 10.2 Å². The first kappa shape index (κ1) is 14.4. The SMILES string of the molecule is CCN(C(=O)C(CS)NC(C)=O)C1CCCC1. The van der Waals surface area contributed by atoms with Crippen molar-refractivity contribution >= 4 is 24.4 Å². The van der Waals surface area contributed by atoms with Gasteiger partial charge >= 0.3 is 0 Å². The molecule has 1 aliphatic carbocycles. The molecule has 1 saturated carbocycles. The summed E-state index contributed by atoms with van der Waals surface area (Å²) in [4.78, 5) is 25.2. The Morgan fingerprint density at radius 2 is 2.00 bits per heavy atom. The van der Waals surface area contributed by atoms with Crippen LogP contribution >= 0.6 is 12.6 Å². The molecule has 98 valence electrons. The van der Waals surface area contributed by atoms with Crippen LogP contribution in [0.2, 0.25) is 0 Å². The van der Waals surface area contributed by atoms with Crippen molar-refractivity contribution in [3.05, 3.63) is 0 Å². The van der Waals surface area contributed by atoms with Crippen molar-refractivity contribution in [2.45, 2.75) is 51.6 Å². The summed E-state index contributed by atoms with van der Waals surface area (Å²) >= 11 is 4.14. The van der Waals surface area contributed by atoms with Crippen LogP contribution in [-0.4, -0.2) is 41.1 Å². The van der Waals surface area contributed by atoms with Crippen LogP contribution in [0.15, 0.2) is 0 Å². The van der Waals surface area contributed by atoms with Crippen molar-refractivity contribution in [1.29, 1.82) is 0 Å². The number of carbonyl (C=O) groups is 2. The smallest absolute Gasteiger partial charge is 0.246 e. The molecule has 17 heavy (non-hydrogen) atoms. The predicted octanol–water partition coefficient (Wildman–Crippen LogP) is 1.21. The Morgan fingerprint density at radius 3 is 2.41 bits per heavy atom. The Kier molecular flexibility index (Phi) is 5.82. The average molecular weight is 258 g/mol. The third-order valence-electron chi connectivity index (χ3n) is 3.25. The van der Waals surface area contributed by atoms with E-state index in [9.17, 15) is 9.59 Å². The number of carbonyl (C=O) groups excluding carboxylic acids is 2. The number of rotatable bonds is 5. The maximum atomic E-state index is 12.3. The molecular weight excluding hydrogens is 236 g/mol. The van der Waals surface area contributed by atoms with Gasteiger partial charge in [-0.25, -0.2) is 0 Å². The van der Waals surface area contributed by atoms with Crippen molar-refractivity contribution in [2.24, 2.45) is 0 Å². The highest BCUT2D eigenvalue weighted by Crippen LogP contribution is 2.23. The first-order valence-corrected chi connectivity index (χ1v) is 6.91. The molecule has 0 bridgehead atoms. The van der Waals surface area contributed by atoms with E-state index in [2.05, 4.69) is 17.9 Å². The molecule has 1 unspecified atom stereocenters. The van der Waals surface area contributed by atoms with Gasteiger partial charge in [0.2, 0.25) is 11.8 Å². The molecule has 0 saturated heterocycles. The lowest BCUT2D eigenvalue weighted by atomic mass is 10.1. The summed E-state index contributed by atoms with van der Waals surface area (Å²) in [5, 5.41) is 2.66. The minimum atomic E-state index is -0.489. The highest BCUT2D eigenvalue weighted by atomic mass is 32.1. The van der Waals surface area contributed by atoms with Crippen molar-refractivity contribution in [3.63, 3.8) is 0 Å². The summed E-state index contributed by atoms with van der Waals surface area (Å²) < 4.78 is 0. The van der Waals surface area contributed by atoms with Crippen LogP contribution in [0.5, 0.6) is 0 Å². The lowest BCUT2D eigenvalue weighted by Gasteiger charge is -2.31. The first-order valence-electron chi connectivity index (χ1n) is 6.28. The standard InChI is InChI=1S/C12H22N2O2S/c1-3-14(10-6-4-5-7-10)12(16)11(8-17)13-9(2)15/h10-11,17H,3-8H2,1-2H3,(H,13,15). The van der Waals surface area contributed by atoms with Crippen LogP contribution in [0.3, 0.4) is 0 Å². The Bertz CT molecular complexity index is 278. The summed E-state index contributed by atoms with van der Waals surface area (Å²) in [6.07, 6.45) is 4.55. The number of hydrogen-bond acceptors (Lipinski definition) is 3. The van der Waals surface area contributed by atoms with E-state index in [-0.39, 0.29) is 11.8 Å². The van der Waals surface area contributed by atoms with Crippen molar-refractivity contribution in [3.8, 4) is 0 Å². The van der Waals surface area contributed by atoms with E-state index in [1.54, 1.807) is 0 Å². The maximum Gasteiger partial charge on any atom is 0.246 e. The van der Waals surface area contributed by atoms with Gasteiger partial charge in [0.05, 0.1) is 0 Å². The van der Waals surface area contributed by atoms with Gasteiger partial charge in [-0.15, -0.1) is 0 Å². The van der Waals surface area contributed by atoms with Gasteiger partial charge in [-0.1, -0.05) is 12.8 Å². The molecule has 0 heterocycles. The van der Waals surface area contributed by atoms with Gasteiger partial charge in [-0.3, -0.25) is 9.59 Å². The number of amides is 2. The molecule has 0 aromatic rings. The fourth-order valence-electron chi connectivity index (χ4n) is 2.44. The zero-order valence-corrected chi connectivity index (χ0v) is 11.5. The number of nitrogens with one attached hydrogen (secondary N) is 1. The van der Waals surface area contributed by atoms with E-state index in [0.29, 0.717) is 18.3 Å². The van der Waals surface area contributed by atoms with E-state index in [1.807, 2.05) is 11.8 Å². The van der Waals surface area contributed by atoms with Gasteiger partial charge in [0.15, 0.2) is 0 Å². The summed E-state index contributed by atoms with van der Waals surface area (Å²) in [5.41, 5.74) is 0. The number of hydrogen-bond donors (Lipinski definition) is 2. The Morgan fingerprint density at radius 1 is 1.41 bits per heavy atom. The number of likely N-dealkylation sites (N-methyl/N-ethyl adjacent to an activating group) is 1. The molecular formula is C12H22N2O2S. The number of nitrogens with zero attached hydrogens (tertiary/aromatic N) is 1. The zero-order valence-electron chi connectivity index (χ0n) is 10.6. The van der Waals surface area contributed by atoms with Gasteiger partial charge in [-0.2, -0.15) is 12.6 Å². The van der Waals surface area contributed by atoms with Crippen LogP contribution in [0.25, 0.3) is 0 Å². The minimum absolute atomic E-state index is 0.00426. The minimum Gasteiger partial charge on any atom is -0.344 e. The third-order valence-corrected chi connectivity index (χ3v) is 3.61. The van der Waals surface area contributed by atoms with Crippen LogP contribution in [0.4, 0.5) is 0 Å². The summed E-state index contributed by atoms with van der Waals surface area (Å²) in [7, 11) is 0. The first-order chi connectivity index (χ1) is 8.10. The molecule has 1 fully saturated rings. The van der Waals surface area contributed by atoms with E-state index >= 15 is 0 Å². The highest BCUT2D eigenvalue weighted by Gasteiger charge is 2.29. The van der Waals surface area contributed by atoms with Gasteiger partial charge in [0, 0.05) is 25.3 Å². The molecule has 4 nitrogen and oxygen atoms in total. The lowest BCUT2D eigenvalue weighted by molar-refractivity contribution is -0.137. The molecule has 0 aliphatic heterocycles. The average Bonchev–Trinajstić information content (AvgIpc) is 2.80. The summed E-state index contributed by atoms with van der Waals surface area (Å²) in [6, 6.07) is -0.139. The molecule has 5 heteroatoms. The topological polar surface area (TPSA) is 49.4 Å². The van der Waals surface area contributed by atoms with Crippen LogP contribution in [0.1, 0.15) is 39.5 Å². The lowest BCUT2D eigenvalue weighted by Crippen LogP contribution is -2.51.